The Morgan fingerprint density at radius 3 is 2.71 bits per heavy atom. The Morgan fingerprint density at radius 1 is 1.29 bits per heavy atom. The Morgan fingerprint density at radius 2 is 2.06 bits per heavy atom. The molecule has 0 aliphatic rings. The zero-order chi connectivity index (χ0) is 12.4. The normalized spacial score (nSPS) is 11.1. The number of hydrogen-bond donors (Lipinski definition) is 2. The maximum Gasteiger partial charge on any atom is 0.119 e. The lowest BCUT2D eigenvalue weighted by molar-refractivity contribution is 0.415. The fourth-order valence-corrected chi connectivity index (χ4v) is 2.34. The molecule has 1 heterocycles. The van der Waals surface area contributed by atoms with Crippen LogP contribution in [0.5, 0.6) is 5.75 Å². The second kappa shape index (κ2) is 4.80. The van der Waals surface area contributed by atoms with Gasteiger partial charge in [0.15, 0.2) is 0 Å². The number of fused-ring (bicyclic) bond motifs is 1. The zero-order valence-electron chi connectivity index (χ0n) is 10.8. The number of benzene rings is 1. The first-order valence-corrected chi connectivity index (χ1v) is 6.03. The second-order valence-electron chi connectivity index (χ2n) is 4.49. The molecule has 0 fully saturated rings. The van der Waals surface area contributed by atoms with Crippen LogP contribution in [0.2, 0.25) is 0 Å². The highest BCUT2D eigenvalue weighted by Crippen LogP contribution is 2.29. The molecule has 3 nitrogen and oxygen atoms in total. The lowest BCUT2D eigenvalue weighted by Crippen LogP contribution is -2.00. The summed E-state index contributed by atoms with van der Waals surface area (Å²) in [7, 11) is 1.71. The summed E-state index contributed by atoms with van der Waals surface area (Å²) in [5.41, 5.74) is 10.6. The van der Waals surface area contributed by atoms with Crippen LogP contribution in [0.1, 0.15) is 23.2 Å². The highest BCUT2D eigenvalue weighted by atomic mass is 16.5. The summed E-state index contributed by atoms with van der Waals surface area (Å²) in [5.74, 6) is 0.919. The molecular weight excluding hydrogens is 212 g/mol. The highest BCUT2D eigenvalue weighted by molar-refractivity contribution is 5.88. The zero-order valence-corrected chi connectivity index (χ0v) is 10.8. The molecule has 3 heteroatoms. The largest absolute Gasteiger partial charge is 0.497 e. The van der Waals surface area contributed by atoms with Crippen LogP contribution in [-0.2, 0) is 6.42 Å². The Hall–Kier alpha value is -1.48. The molecule has 0 atom stereocenters. The number of ether oxygens (including phenoxy) is 1. The van der Waals surface area contributed by atoms with Crippen LogP contribution in [0, 0.1) is 13.8 Å². The number of H-pyrrole nitrogens is 1. The van der Waals surface area contributed by atoms with Gasteiger partial charge in [0.05, 0.1) is 7.11 Å². The molecule has 1 aromatic carbocycles. The molecule has 2 rings (SSSR count). The Kier molecular flexibility index (Phi) is 3.38. The van der Waals surface area contributed by atoms with Crippen LogP contribution in [-0.4, -0.2) is 18.6 Å². The smallest absolute Gasteiger partial charge is 0.119 e. The lowest BCUT2D eigenvalue weighted by Gasteiger charge is -2.04. The third-order valence-electron chi connectivity index (χ3n) is 3.27. The van der Waals surface area contributed by atoms with Gasteiger partial charge in [0, 0.05) is 16.6 Å². The van der Waals surface area contributed by atoms with Crippen LogP contribution >= 0.6 is 0 Å². The molecular formula is C14H20N2O. The number of nitrogens with one attached hydrogen (secondary N) is 1. The maximum absolute atomic E-state index is 5.59. The Bertz CT molecular complexity index is 528. The van der Waals surface area contributed by atoms with Crippen molar-refractivity contribution in [3.8, 4) is 5.75 Å². The van der Waals surface area contributed by atoms with Gasteiger partial charge in [0.2, 0.25) is 0 Å². The van der Waals surface area contributed by atoms with Crippen molar-refractivity contribution < 1.29 is 4.74 Å². The Labute approximate surface area is 102 Å². The number of aryl methyl sites for hydroxylation is 3. The van der Waals surface area contributed by atoms with Gasteiger partial charge in [-0.3, -0.25) is 0 Å². The molecule has 0 amide bonds. The third kappa shape index (κ3) is 2.15. The summed E-state index contributed by atoms with van der Waals surface area (Å²) in [6.45, 7) is 4.96. The van der Waals surface area contributed by atoms with Gasteiger partial charge in [-0.15, -0.1) is 0 Å². The lowest BCUT2D eigenvalue weighted by atomic mass is 10.0. The van der Waals surface area contributed by atoms with Crippen LogP contribution < -0.4 is 10.5 Å². The van der Waals surface area contributed by atoms with Gasteiger partial charge in [-0.2, -0.15) is 0 Å². The van der Waals surface area contributed by atoms with E-state index in [1.807, 2.05) is 0 Å². The van der Waals surface area contributed by atoms with Crippen molar-refractivity contribution in [3.05, 3.63) is 29.0 Å². The molecule has 0 radical (unpaired) electrons. The van der Waals surface area contributed by atoms with E-state index in [0.717, 1.165) is 25.1 Å². The van der Waals surface area contributed by atoms with E-state index in [1.165, 1.54) is 27.7 Å². The van der Waals surface area contributed by atoms with E-state index < -0.39 is 0 Å². The van der Waals surface area contributed by atoms with E-state index in [1.54, 1.807) is 7.11 Å². The predicted molar refractivity (Wildman–Crippen MR) is 71.7 cm³/mol. The fraction of sp³-hybridized carbons (Fsp3) is 0.429. The molecule has 1 aromatic heterocycles. The van der Waals surface area contributed by atoms with E-state index >= 15 is 0 Å². The average molecular weight is 232 g/mol. The van der Waals surface area contributed by atoms with Crippen LogP contribution in [0.3, 0.4) is 0 Å². The van der Waals surface area contributed by atoms with Gasteiger partial charge in [0.25, 0.3) is 0 Å². The predicted octanol–water partition coefficient (Wildman–Crippen LogP) is 2.68. The molecule has 2 aromatic rings. The molecule has 92 valence electrons. The van der Waals surface area contributed by atoms with Crippen LogP contribution in [0.4, 0.5) is 0 Å². The molecule has 3 N–H and O–H groups in total. The summed E-state index contributed by atoms with van der Waals surface area (Å²) < 4.78 is 5.33. The average Bonchev–Trinajstić information content (AvgIpc) is 2.63. The first-order chi connectivity index (χ1) is 8.17. The van der Waals surface area contributed by atoms with Gasteiger partial charge in [-0.05, 0) is 56.5 Å². The van der Waals surface area contributed by atoms with E-state index in [0.29, 0.717) is 0 Å². The number of hydrogen-bond acceptors (Lipinski definition) is 2. The number of rotatable bonds is 4. The van der Waals surface area contributed by atoms with Gasteiger partial charge in [0.1, 0.15) is 5.75 Å². The van der Waals surface area contributed by atoms with E-state index in [9.17, 15) is 0 Å². The van der Waals surface area contributed by atoms with Crippen molar-refractivity contribution in [2.24, 2.45) is 5.73 Å². The van der Waals surface area contributed by atoms with Gasteiger partial charge >= 0.3 is 0 Å². The van der Waals surface area contributed by atoms with Crippen LogP contribution in [0.15, 0.2) is 12.1 Å². The van der Waals surface area contributed by atoms with Gasteiger partial charge in [-0.1, -0.05) is 0 Å². The quantitative estimate of drug-likeness (QED) is 0.851. The molecule has 0 aliphatic heterocycles. The monoisotopic (exact) mass is 232 g/mol. The van der Waals surface area contributed by atoms with E-state index in [4.69, 9.17) is 10.5 Å². The van der Waals surface area contributed by atoms with E-state index in [-0.39, 0.29) is 0 Å². The summed E-state index contributed by atoms with van der Waals surface area (Å²) in [6, 6.07) is 4.17. The molecule has 0 unspecified atom stereocenters. The number of methoxy groups -OCH3 is 1. The van der Waals surface area contributed by atoms with Crippen molar-refractivity contribution in [2.75, 3.05) is 13.7 Å². The molecule has 0 saturated carbocycles. The van der Waals surface area contributed by atoms with Crippen LogP contribution in [0.25, 0.3) is 10.9 Å². The highest BCUT2D eigenvalue weighted by Gasteiger charge is 2.11. The van der Waals surface area contributed by atoms with Crippen molar-refractivity contribution in [3.63, 3.8) is 0 Å². The minimum Gasteiger partial charge on any atom is -0.497 e. The molecule has 0 spiro atoms. The van der Waals surface area contributed by atoms with Gasteiger partial charge < -0.3 is 15.5 Å². The summed E-state index contributed by atoms with van der Waals surface area (Å²) in [6.07, 6.45) is 2.04. The minimum absolute atomic E-state index is 0.731. The molecule has 0 bridgehead atoms. The third-order valence-corrected chi connectivity index (χ3v) is 3.27. The first kappa shape index (κ1) is 12.0. The van der Waals surface area contributed by atoms with Gasteiger partial charge in [-0.25, -0.2) is 0 Å². The Balaban J connectivity index is 2.57. The molecule has 0 saturated heterocycles. The standard InChI is InChI=1S/C14H20N2O/c1-9-7-11(17-3)8-13-12(5-4-6-15)10(2)16-14(9)13/h7-8,16H,4-6,15H2,1-3H3. The first-order valence-electron chi connectivity index (χ1n) is 6.03. The fourth-order valence-electron chi connectivity index (χ4n) is 2.34. The van der Waals surface area contributed by atoms with Crippen molar-refractivity contribution in [2.45, 2.75) is 26.7 Å². The maximum atomic E-state index is 5.59. The minimum atomic E-state index is 0.731. The van der Waals surface area contributed by atoms with Crippen molar-refractivity contribution in [1.29, 1.82) is 0 Å². The molecule has 0 aliphatic carbocycles. The summed E-state index contributed by atoms with van der Waals surface area (Å²) in [4.78, 5) is 3.46. The number of aromatic amines is 1. The topological polar surface area (TPSA) is 51.0 Å². The SMILES string of the molecule is COc1cc(C)c2[nH]c(C)c(CCCN)c2c1. The second-order valence-corrected chi connectivity index (χ2v) is 4.49. The summed E-state index contributed by atoms with van der Waals surface area (Å²) >= 11 is 0. The molecule has 17 heavy (non-hydrogen) atoms. The van der Waals surface area contributed by atoms with Crippen molar-refractivity contribution >= 4 is 10.9 Å². The van der Waals surface area contributed by atoms with E-state index in [2.05, 4.69) is 31.0 Å². The number of aromatic nitrogens is 1. The summed E-state index contributed by atoms with van der Waals surface area (Å²) in [5, 5.41) is 1.27. The number of nitrogens with two attached hydrogens (primary N) is 1. The van der Waals surface area contributed by atoms with Crippen molar-refractivity contribution in [1.82, 2.24) is 4.98 Å².